The van der Waals surface area contributed by atoms with Crippen LogP contribution in [-0.4, -0.2) is 31.4 Å². The Balaban J connectivity index is 2.06. The van der Waals surface area contributed by atoms with Crippen molar-refractivity contribution in [3.05, 3.63) is 69.7 Å². The van der Waals surface area contributed by atoms with Crippen LogP contribution in [-0.2, 0) is 0 Å². The van der Waals surface area contributed by atoms with E-state index in [9.17, 15) is 4.79 Å². The first-order chi connectivity index (χ1) is 10.5. The van der Waals surface area contributed by atoms with Gasteiger partial charge in [-0.1, -0.05) is 53.5 Å². The Morgan fingerprint density at radius 1 is 1.09 bits per heavy atom. The van der Waals surface area contributed by atoms with Crippen molar-refractivity contribution in [2.75, 3.05) is 20.6 Å². The normalized spacial score (nSPS) is 12.2. The number of nitrogens with zero attached hydrogens (tertiary/aromatic N) is 1. The number of amides is 1. The number of hydrogen-bond acceptors (Lipinski definition) is 2. The lowest BCUT2D eigenvalue weighted by Crippen LogP contribution is -2.34. The summed E-state index contributed by atoms with van der Waals surface area (Å²) in [5.41, 5.74) is 1.65. The fourth-order valence-corrected chi connectivity index (χ4v) is 2.50. The maximum atomic E-state index is 12.2. The van der Waals surface area contributed by atoms with Crippen LogP contribution in [0.5, 0.6) is 0 Å². The molecule has 0 aromatic heterocycles. The van der Waals surface area contributed by atoms with Crippen molar-refractivity contribution in [1.29, 1.82) is 0 Å². The third-order valence-electron chi connectivity index (χ3n) is 3.45. The molecule has 2 aromatic carbocycles. The minimum absolute atomic E-state index is 0.105. The first-order valence-electron chi connectivity index (χ1n) is 6.93. The van der Waals surface area contributed by atoms with Gasteiger partial charge in [0.25, 0.3) is 5.91 Å². The number of likely N-dealkylation sites (N-methyl/N-ethyl adjacent to an activating group) is 1. The highest BCUT2D eigenvalue weighted by atomic mass is 35.5. The summed E-state index contributed by atoms with van der Waals surface area (Å²) in [4.78, 5) is 14.3. The summed E-state index contributed by atoms with van der Waals surface area (Å²) in [6.45, 7) is 0.510. The van der Waals surface area contributed by atoms with Crippen LogP contribution in [0.25, 0.3) is 0 Å². The predicted molar refractivity (Wildman–Crippen MR) is 91.7 cm³/mol. The average Bonchev–Trinajstić information content (AvgIpc) is 2.50. The van der Waals surface area contributed by atoms with Crippen molar-refractivity contribution < 1.29 is 4.79 Å². The predicted octanol–water partition coefficient (Wildman–Crippen LogP) is 4.03. The molecular formula is C17H18Cl2N2O. The first-order valence-corrected chi connectivity index (χ1v) is 7.69. The van der Waals surface area contributed by atoms with E-state index in [0.29, 0.717) is 22.2 Å². The number of hydrogen-bond donors (Lipinski definition) is 1. The summed E-state index contributed by atoms with van der Waals surface area (Å²) < 4.78 is 0. The molecule has 2 aromatic rings. The molecule has 2 rings (SSSR count). The van der Waals surface area contributed by atoms with Crippen molar-refractivity contribution in [1.82, 2.24) is 10.2 Å². The lowest BCUT2D eigenvalue weighted by atomic mass is 10.1. The molecule has 5 heteroatoms. The maximum Gasteiger partial charge on any atom is 0.251 e. The second kappa shape index (κ2) is 7.63. The van der Waals surface area contributed by atoms with Crippen molar-refractivity contribution in [2.24, 2.45) is 0 Å². The van der Waals surface area contributed by atoms with E-state index < -0.39 is 0 Å². The van der Waals surface area contributed by atoms with Crippen molar-refractivity contribution in [3.8, 4) is 0 Å². The Morgan fingerprint density at radius 2 is 1.77 bits per heavy atom. The molecule has 0 unspecified atom stereocenters. The minimum atomic E-state index is -0.165. The van der Waals surface area contributed by atoms with Crippen molar-refractivity contribution in [2.45, 2.75) is 6.04 Å². The van der Waals surface area contributed by atoms with Crippen LogP contribution in [0.15, 0.2) is 48.5 Å². The highest BCUT2D eigenvalue weighted by Gasteiger charge is 2.16. The van der Waals surface area contributed by atoms with E-state index in [2.05, 4.69) is 22.3 Å². The van der Waals surface area contributed by atoms with Gasteiger partial charge in [-0.2, -0.15) is 0 Å². The summed E-state index contributed by atoms with van der Waals surface area (Å²) >= 11 is 11.8. The van der Waals surface area contributed by atoms with Crippen molar-refractivity contribution >= 4 is 29.1 Å². The Labute approximate surface area is 140 Å². The molecule has 1 amide bonds. The third-order valence-corrected chi connectivity index (χ3v) is 4.18. The van der Waals surface area contributed by atoms with E-state index in [1.54, 1.807) is 18.2 Å². The van der Waals surface area contributed by atoms with Crippen LogP contribution >= 0.6 is 23.2 Å². The minimum Gasteiger partial charge on any atom is -0.350 e. The zero-order valence-corrected chi connectivity index (χ0v) is 14.0. The molecule has 116 valence electrons. The topological polar surface area (TPSA) is 32.3 Å². The molecule has 0 aliphatic rings. The van der Waals surface area contributed by atoms with Gasteiger partial charge in [-0.15, -0.1) is 0 Å². The molecule has 3 nitrogen and oxygen atoms in total. The van der Waals surface area contributed by atoms with Crippen LogP contribution in [0.3, 0.4) is 0 Å². The molecule has 0 saturated carbocycles. The van der Waals surface area contributed by atoms with Crippen LogP contribution in [0, 0.1) is 0 Å². The Kier molecular flexibility index (Phi) is 5.83. The monoisotopic (exact) mass is 336 g/mol. The van der Waals surface area contributed by atoms with Gasteiger partial charge in [-0.25, -0.2) is 0 Å². The lowest BCUT2D eigenvalue weighted by molar-refractivity contribution is 0.0942. The Hall–Kier alpha value is -1.55. The Morgan fingerprint density at radius 3 is 2.36 bits per heavy atom. The Bertz CT molecular complexity index is 644. The maximum absolute atomic E-state index is 12.2. The third kappa shape index (κ3) is 4.23. The molecule has 22 heavy (non-hydrogen) atoms. The highest BCUT2D eigenvalue weighted by molar-refractivity contribution is 6.42. The van der Waals surface area contributed by atoms with E-state index in [-0.39, 0.29) is 11.9 Å². The van der Waals surface area contributed by atoms with Crippen LogP contribution in [0.4, 0.5) is 0 Å². The average molecular weight is 337 g/mol. The second-order valence-electron chi connectivity index (χ2n) is 5.23. The fourth-order valence-electron chi connectivity index (χ4n) is 2.20. The summed E-state index contributed by atoms with van der Waals surface area (Å²) in [7, 11) is 3.98. The summed E-state index contributed by atoms with van der Waals surface area (Å²) in [5, 5.41) is 3.76. The zero-order valence-electron chi connectivity index (χ0n) is 12.5. The van der Waals surface area contributed by atoms with Crippen LogP contribution < -0.4 is 5.32 Å². The number of carbonyl (C=O) groups excluding carboxylic acids is 1. The van der Waals surface area contributed by atoms with Gasteiger partial charge in [-0.05, 0) is 37.9 Å². The van der Waals surface area contributed by atoms with Gasteiger partial charge in [-0.3, -0.25) is 4.79 Å². The highest BCUT2D eigenvalue weighted by Crippen LogP contribution is 2.23. The molecule has 0 spiro atoms. The van der Waals surface area contributed by atoms with Gasteiger partial charge >= 0.3 is 0 Å². The van der Waals surface area contributed by atoms with Gasteiger partial charge < -0.3 is 10.2 Å². The molecule has 0 aliphatic carbocycles. The largest absolute Gasteiger partial charge is 0.350 e. The number of carbonyl (C=O) groups is 1. The summed E-state index contributed by atoms with van der Waals surface area (Å²) in [5.74, 6) is -0.165. The number of nitrogens with one attached hydrogen (secondary N) is 1. The SMILES string of the molecule is CN(C)[C@H](CNC(=O)c1ccc(Cl)c(Cl)c1)c1ccccc1. The first kappa shape index (κ1) is 16.8. The molecule has 0 heterocycles. The molecule has 0 radical (unpaired) electrons. The molecular weight excluding hydrogens is 319 g/mol. The van der Waals surface area contributed by atoms with Gasteiger partial charge in [0.05, 0.1) is 16.1 Å². The number of rotatable bonds is 5. The fraction of sp³-hybridized carbons (Fsp3) is 0.235. The zero-order chi connectivity index (χ0) is 16.1. The van der Waals surface area contributed by atoms with Crippen LogP contribution in [0.2, 0.25) is 10.0 Å². The van der Waals surface area contributed by atoms with E-state index in [4.69, 9.17) is 23.2 Å². The van der Waals surface area contributed by atoms with E-state index in [1.807, 2.05) is 32.3 Å². The number of halogens is 2. The smallest absolute Gasteiger partial charge is 0.251 e. The summed E-state index contributed by atoms with van der Waals surface area (Å²) in [6, 6.07) is 15.0. The van der Waals surface area contributed by atoms with E-state index in [1.165, 1.54) is 0 Å². The van der Waals surface area contributed by atoms with Crippen molar-refractivity contribution in [3.63, 3.8) is 0 Å². The van der Waals surface area contributed by atoms with E-state index in [0.717, 1.165) is 5.56 Å². The van der Waals surface area contributed by atoms with Gasteiger partial charge in [0.2, 0.25) is 0 Å². The lowest BCUT2D eigenvalue weighted by Gasteiger charge is -2.25. The van der Waals surface area contributed by atoms with Gasteiger partial charge in [0, 0.05) is 12.1 Å². The van der Waals surface area contributed by atoms with Gasteiger partial charge in [0.1, 0.15) is 0 Å². The molecule has 1 atom stereocenters. The summed E-state index contributed by atoms with van der Waals surface area (Å²) in [6.07, 6.45) is 0. The standard InChI is InChI=1S/C17H18Cl2N2O/c1-21(2)16(12-6-4-3-5-7-12)11-20-17(22)13-8-9-14(18)15(19)10-13/h3-10,16H,11H2,1-2H3,(H,20,22)/t16-/m1/s1. The number of benzene rings is 2. The van der Waals surface area contributed by atoms with Gasteiger partial charge in [0.15, 0.2) is 0 Å². The molecule has 0 bridgehead atoms. The molecule has 0 fully saturated rings. The molecule has 0 saturated heterocycles. The quantitative estimate of drug-likeness (QED) is 0.894. The second-order valence-corrected chi connectivity index (χ2v) is 6.04. The van der Waals surface area contributed by atoms with Crippen LogP contribution in [0.1, 0.15) is 22.0 Å². The molecule has 0 aliphatic heterocycles. The molecule has 1 N–H and O–H groups in total. The van der Waals surface area contributed by atoms with E-state index >= 15 is 0 Å².